The molecular formula is C18H23N2O5S-. The molecule has 0 unspecified atom stereocenters. The summed E-state index contributed by atoms with van der Waals surface area (Å²) >= 11 is 0. The molecule has 0 bridgehead atoms. The highest BCUT2D eigenvalue weighted by atomic mass is 32.2. The molecule has 3 rings (SSSR count). The molecule has 0 aromatic heterocycles. The number of benzene rings is 1. The Labute approximate surface area is 153 Å². The maximum Gasteiger partial charge on any atom is 0.243 e. The molecule has 0 N–H and O–H groups in total. The van der Waals surface area contributed by atoms with E-state index in [0.29, 0.717) is 32.2 Å². The number of hydrogen-bond acceptors (Lipinski definition) is 5. The van der Waals surface area contributed by atoms with Gasteiger partial charge in [-0.15, -0.1) is 0 Å². The van der Waals surface area contributed by atoms with Gasteiger partial charge in [0.25, 0.3) is 0 Å². The van der Waals surface area contributed by atoms with Crippen molar-refractivity contribution in [2.24, 2.45) is 5.92 Å². The first-order chi connectivity index (χ1) is 12.3. The van der Waals surface area contributed by atoms with E-state index in [1.54, 1.807) is 24.3 Å². The van der Waals surface area contributed by atoms with Crippen molar-refractivity contribution in [1.29, 1.82) is 0 Å². The van der Waals surface area contributed by atoms with Gasteiger partial charge in [-0.25, -0.2) is 8.42 Å². The zero-order valence-electron chi connectivity index (χ0n) is 14.8. The lowest BCUT2D eigenvalue weighted by molar-refractivity contribution is -0.310. The second-order valence-corrected chi connectivity index (χ2v) is 8.94. The average Bonchev–Trinajstić information content (AvgIpc) is 3.11. The molecule has 7 nitrogen and oxygen atoms in total. The van der Waals surface area contributed by atoms with E-state index in [2.05, 4.69) is 0 Å². The zero-order chi connectivity index (χ0) is 18.9. The smallest absolute Gasteiger partial charge is 0.243 e. The highest BCUT2D eigenvalue weighted by molar-refractivity contribution is 7.89. The number of carboxylic acids is 1. The summed E-state index contributed by atoms with van der Waals surface area (Å²) in [5.74, 6) is -1.74. The number of hydrogen-bond donors (Lipinski definition) is 0. The number of aliphatic carboxylic acids is 1. The Kier molecular flexibility index (Phi) is 5.34. The normalized spacial score (nSPS) is 22.5. The molecule has 1 aromatic rings. The summed E-state index contributed by atoms with van der Waals surface area (Å²) in [7, 11) is -3.57. The first kappa shape index (κ1) is 18.8. The van der Waals surface area contributed by atoms with Gasteiger partial charge in [0.05, 0.1) is 16.9 Å². The lowest BCUT2D eigenvalue weighted by Crippen LogP contribution is -2.50. The van der Waals surface area contributed by atoms with Gasteiger partial charge in [-0.3, -0.25) is 4.79 Å². The molecule has 26 heavy (non-hydrogen) atoms. The molecule has 8 heteroatoms. The maximum absolute atomic E-state index is 12.7. The second-order valence-electron chi connectivity index (χ2n) is 7.00. The first-order valence-corrected chi connectivity index (χ1v) is 10.3. The summed E-state index contributed by atoms with van der Waals surface area (Å²) in [5.41, 5.74) is 0.987. The number of nitrogens with zero attached hydrogens (tertiary/aromatic N) is 2. The quantitative estimate of drug-likeness (QED) is 0.741. The summed E-state index contributed by atoms with van der Waals surface area (Å²) in [5, 5.41) is 11.2. The van der Waals surface area contributed by atoms with Crippen molar-refractivity contribution < 1.29 is 23.1 Å². The molecule has 1 amide bonds. The molecule has 1 atom stereocenters. The Morgan fingerprint density at radius 3 is 2.23 bits per heavy atom. The summed E-state index contributed by atoms with van der Waals surface area (Å²) in [6, 6.07) is 5.86. The highest BCUT2D eigenvalue weighted by Crippen LogP contribution is 2.28. The number of amides is 1. The Bertz CT molecular complexity index is 782. The van der Waals surface area contributed by atoms with Crippen LogP contribution in [0.25, 0.3) is 0 Å². The van der Waals surface area contributed by atoms with Gasteiger partial charge in [0.1, 0.15) is 0 Å². The highest BCUT2D eigenvalue weighted by Gasteiger charge is 2.37. The lowest BCUT2D eigenvalue weighted by atomic mass is 9.96. The van der Waals surface area contributed by atoms with E-state index in [1.165, 1.54) is 9.21 Å². The van der Waals surface area contributed by atoms with Crippen molar-refractivity contribution in [2.45, 2.75) is 43.5 Å². The van der Waals surface area contributed by atoms with Gasteiger partial charge >= 0.3 is 0 Å². The van der Waals surface area contributed by atoms with E-state index >= 15 is 0 Å². The number of piperidine rings is 1. The lowest BCUT2D eigenvalue weighted by Gasteiger charge is -2.34. The van der Waals surface area contributed by atoms with E-state index in [-0.39, 0.29) is 29.8 Å². The molecule has 0 aliphatic carbocycles. The standard InChI is InChI=1S/C18H24N2O5S/c1-13-4-6-15(7-5-13)26(24,25)19-11-8-14(9-12-19)17(21)20-10-2-3-16(20)18(22)23/h4-7,14,16H,2-3,8-12H2,1H3,(H,22,23)/p-1/t16-/m0/s1. The molecule has 2 aliphatic heterocycles. The molecule has 2 fully saturated rings. The molecule has 2 saturated heterocycles. The number of carbonyl (C=O) groups excluding carboxylic acids is 2. The van der Waals surface area contributed by atoms with Gasteiger partial charge in [0.15, 0.2) is 0 Å². The van der Waals surface area contributed by atoms with Crippen LogP contribution < -0.4 is 5.11 Å². The fraction of sp³-hybridized carbons (Fsp3) is 0.556. The van der Waals surface area contributed by atoms with Crippen LogP contribution in [0.15, 0.2) is 29.2 Å². The maximum atomic E-state index is 12.7. The third kappa shape index (κ3) is 3.61. The molecule has 0 radical (unpaired) electrons. The molecule has 2 heterocycles. The van der Waals surface area contributed by atoms with Crippen LogP contribution >= 0.6 is 0 Å². The topological polar surface area (TPSA) is 97.8 Å². The average molecular weight is 379 g/mol. The van der Waals surface area contributed by atoms with E-state index in [9.17, 15) is 23.1 Å². The van der Waals surface area contributed by atoms with Crippen molar-refractivity contribution in [3.8, 4) is 0 Å². The van der Waals surface area contributed by atoms with E-state index in [0.717, 1.165) is 5.56 Å². The SMILES string of the molecule is Cc1ccc(S(=O)(=O)N2CCC(C(=O)N3CCC[C@H]3C(=O)[O-])CC2)cc1. The molecular weight excluding hydrogens is 356 g/mol. The van der Waals surface area contributed by atoms with Gasteiger partial charge in [-0.05, 0) is 44.7 Å². The van der Waals surface area contributed by atoms with Crippen LogP contribution in [0, 0.1) is 12.8 Å². The number of rotatable bonds is 4. The number of sulfonamides is 1. The van der Waals surface area contributed by atoms with Crippen LogP contribution in [-0.4, -0.2) is 55.2 Å². The molecule has 2 aliphatic rings. The first-order valence-electron chi connectivity index (χ1n) is 8.89. The molecule has 0 saturated carbocycles. The van der Waals surface area contributed by atoms with Crippen molar-refractivity contribution in [1.82, 2.24) is 9.21 Å². The Balaban J connectivity index is 1.64. The molecule has 142 valence electrons. The van der Waals surface area contributed by atoms with Gasteiger partial charge < -0.3 is 14.8 Å². The summed E-state index contributed by atoms with van der Waals surface area (Å²) in [6.07, 6.45) is 1.89. The minimum absolute atomic E-state index is 0.191. The predicted octanol–water partition coefficient (Wildman–Crippen LogP) is 0.137. The van der Waals surface area contributed by atoms with Crippen molar-refractivity contribution in [3.63, 3.8) is 0 Å². The zero-order valence-corrected chi connectivity index (χ0v) is 15.6. The summed E-state index contributed by atoms with van der Waals surface area (Å²) < 4.78 is 26.8. The summed E-state index contributed by atoms with van der Waals surface area (Å²) in [4.78, 5) is 25.5. The van der Waals surface area contributed by atoms with Crippen LogP contribution in [0.3, 0.4) is 0 Å². The number of carbonyl (C=O) groups is 2. The van der Waals surface area contributed by atoms with Crippen molar-refractivity contribution >= 4 is 21.9 Å². The fourth-order valence-electron chi connectivity index (χ4n) is 3.71. The Hall–Kier alpha value is -1.93. The van der Waals surface area contributed by atoms with Crippen LogP contribution in [0.4, 0.5) is 0 Å². The summed E-state index contributed by atoms with van der Waals surface area (Å²) in [6.45, 7) is 2.85. The minimum Gasteiger partial charge on any atom is -0.548 e. The van der Waals surface area contributed by atoms with Gasteiger partial charge in [0, 0.05) is 25.6 Å². The third-order valence-electron chi connectivity index (χ3n) is 5.27. The van der Waals surface area contributed by atoms with Gasteiger partial charge in [-0.1, -0.05) is 17.7 Å². The van der Waals surface area contributed by atoms with Gasteiger partial charge in [-0.2, -0.15) is 4.31 Å². The van der Waals surface area contributed by atoms with Crippen LogP contribution in [-0.2, 0) is 19.6 Å². The van der Waals surface area contributed by atoms with Gasteiger partial charge in [0.2, 0.25) is 15.9 Å². The number of carboxylic acid groups (broad SMARTS) is 1. The largest absolute Gasteiger partial charge is 0.548 e. The fourth-order valence-corrected chi connectivity index (χ4v) is 5.18. The van der Waals surface area contributed by atoms with E-state index in [1.807, 2.05) is 6.92 Å². The molecule has 0 spiro atoms. The van der Waals surface area contributed by atoms with Crippen LogP contribution in [0.1, 0.15) is 31.2 Å². The third-order valence-corrected chi connectivity index (χ3v) is 7.18. The predicted molar refractivity (Wildman–Crippen MR) is 92.4 cm³/mol. The second kappa shape index (κ2) is 7.36. The van der Waals surface area contributed by atoms with E-state index < -0.39 is 22.0 Å². The number of likely N-dealkylation sites (tertiary alicyclic amines) is 1. The van der Waals surface area contributed by atoms with Crippen molar-refractivity contribution in [3.05, 3.63) is 29.8 Å². The Morgan fingerprint density at radius 2 is 1.65 bits per heavy atom. The number of aryl methyl sites for hydroxylation is 1. The molecule has 1 aromatic carbocycles. The van der Waals surface area contributed by atoms with Crippen LogP contribution in [0.2, 0.25) is 0 Å². The van der Waals surface area contributed by atoms with Crippen LogP contribution in [0.5, 0.6) is 0 Å². The van der Waals surface area contributed by atoms with E-state index in [4.69, 9.17) is 0 Å². The minimum atomic E-state index is -3.57. The Morgan fingerprint density at radius 1 is 1.04 bits per heavy atom. The van der Waals surface area contributed by atoms with Crippen molar-refractivity contribution in [2.75, 3.05) is 19.6 Å². The monoisotopic (exact) mass is 379 g/mol.